The zero-order valence-electron chi connectivity index (χ0n) is 9.19. The molecule has 2 N–H and O–H groups in total. The van der Waals surface area contributed by atoms with Gasteiger partial charge in [-0.3, -0.25) is 10.1 Å². The molecule has 86 valence electrons. The second kappa shape index (κ2) is 6.40. The molecular weight excluding hydrogens is 240 g/mol. The Balaban J connectivity index is 2.39. The lowest BCUT2D eigenvalue weighted by Crippen LogP contribution is -2.41. The number of thiophene rings is 1. The Morgan fingerprint density at radius 1 is 1.56 bits per heavy atom. The zero-order valence-corrected chi connectivity index (χ0v) is 10.8. The summed E-state index contributed by atoms with van der Waals surface area (Å²) in [6.45, 7) is 3.92. The summed E-state index contributed by atoms with van der Waals surface area (Å²) in [5, 5.41) is 7.83. The van der Waals surface area contributed by atoms with E-state index in [9.17, 15) is 4.79 Å². The lowest BCUT2D eigenvalue weighted by Gasteiger charge is -2.10. The van der Waals surface area contributed by atoms with Crippen LogP contribution in [0.5, 0.6) is 0 Å². The van der Waals surface area contributed by atoms with Crippen LogP contribution >= 0.6 is 23.6 Å². The minimum atomic E-state index is -0.216. The van der Waals surface area contributed by atoms with Gasteiger partial charge in [-0.15, -0.1) is 11.3 Å². The normalized spacial score (nSPS) is 10.7. The van der Waals surface area contributed by atoms with Crippen molar-refractivity contribution in [3.63, 3.8) is 0 Å². The molecule has 1 aromatic heterocycles. The zero-order chi connectivity index (χ0) is 12.0. The van der Waals surface area contributed by atoms with Crippen molar-refractivity contribution < 1.29 is 4.79 Å². The predicted octanol–water partition coefficient (Wildman–Crippen LogP) is 2.16. The third-order valence-electron chi connectivity index (χ3n) is 1.60. The van der Waals surface area contributed by atoms with Crippen LogP contribution < -0.4 is 10.6 Å². The van der Waals surface area contributed by atoms with Gasteiger partial charge in [-0.05, 0) is 43.6 Å². The molecule has 0 radical (unpaired) electrons. The van der Waals surface area contributed by atoms with Crippen LogP contribution in [-0.2, 0) is 4.79 Å². The third-order valence-corrected chi connectivity index (χ3v) is 2.66. The van der Waals surface area contributed by atoms with Gasteiger partial charge in [0.2, 0.25) is 5.91 Å². The van der Waals surface area contributed by atoms with Crippen LogP contribution in [0.1, 0.15) is 18.7 Å². The highest BCUT2D eigenvalue weighted by atomic mass is 32.1. The molecule has 3 nitrogen and oxygen atoms in total. The van der Waals surface area contributed by atoms with E-state index in [1.165, 1.54) is 6.08 Å². The van der Waals surface area contributed by atoms with Crippen LogP contribution in [0.25, 0.3) is 6.08 Å². The lowest BCUT2D eigenvalue weighted by molar-refractivity contribution is -0.115. The number of hydrogen-bond donors (Lipinski definition) is 2. The van der Waals surface area contributed by atoms with E-state index in [0.717, 1.165) is 4.88 Å². The fraction of sp³-hybridized carbons (Fsp3) is 0.273. The van der Waals surface area contributed by atoms with Crippen molar-refractivity contribution in [2.75, 3.05) is 0 Å². The van der Waals surface area contributed by atoms with Crippen molar-refractivity contribution >= 4 is 40.7 Å². The van der Waals surface area contributed by atoms with Crippen molar-refractivity contribution in [2.45, 2.75) is 19.9 Å². The van der Waals surface area contributed by atoms with Crippen molar-refractivity contribution in [2.24, 2.45) is 0 Å². The maximum absolute atomic E-state index is 11.4. The van der Waals surface area contributed by atoms with Crippen molar-refractivity contribution in [3.8, 4) is 0 Å². The van der Waals surface area contributed by atoms with E-state index in [-0.39, 0.29) is 11.9 Å². The van der Waals surface area contributed by atoms with E-state index in [0.29, 0.717) is 5.11 Å². The van der Waals surface area contributed by atoms with Gasteiger partial charge in [-0.25, -0.2) is 0 Å². The van der Waals surface area contributed by atoms with Crippen LogP contribution in [0.15, 0.2) is 23.6 Å². The Morgan fingerprint density at radius 3 is 2.88 bits per heavy atom. The molecule has 1 heterocycles. The minimum Gasteiger partial charge on any atom is -0.360 e. The summed E-state index contributed by atoms with van der Waals surface area (Å²) >= 11 is 6.53. The maximum Gasteiger partial charge on any atom is 0.250 e. The second-order valence-electron chi connectivity index (χ2n) is 3.47. The number of carbonyl (C=O) groups is 1. The smallest absolute Gasteiger partial charge is 0.250 e. The topological polar surface area (TPSA) is 41.1 Å². The van der Waals surface area contributed by atoms with E-state index in [1.54, 1.807) is 17.4 Å². The van der Waals surface area contributed by atoms with Crippen LogP contribution in [0.4, 0.5) is 0 Å². The van der Waals surface area contributed by atoms with Crippen LogP contribution in [-0.4, -0.2) is 17.1 Å². The highest BCUT2D eigenvalue weighted by Gasteiger charge is 2.01. The summed E-state index contributed by atoms with van der Waals surface area (Å²) in [5.41, 5.74) is 0. The highest BCUT2D eigenvalue weighted by Crippen LogP contribution is 2.09. The molecular formula is C11H14N2OS2. The Kier molecular flexibility index (Phi) is 5.14. The van der Waals surface area contributed by atoms with Gasteiger partial charge < -0.3 is 5.32 Å². The van der Waals surface area contributed by atoms with Gasteiger partial charge in [0, 0.05) is 17.0 Å². The monoisotopic (exact) mass is 254 g/mol. The fourth-order valence-electron chi connectivity index (χ4n) is 0.996. The summed E-state index contributed by atoms with van der Waals surface area (Å²) in [5.74, 6) is -0.216. The minimum absolute atomic E-state index is 0.216. The fourth-order valence-corrected chi connectivity index (χ4v) is 1.95. The standard InChI is InChI=1S/C11H14N2OS2/c1-8(2)12-11(15)13-10(14)6-5-9-4-3-7-16-9/h3-8H,1-2H3,(H2,12,13,14,15)/b6-5+. The molecule has 16 heavy (non-hydrogen) atoms. The Morgan fingerprint density at radius 2 is 2.31 bits per heavy atom. The van der Waals surface area contributed by atoms with Crippen LogP contribution in [0.3, 0.4) is 0 Å². The molecule has 0 saturated carbocycles. The number of carbonyl (C=O) groups excluding carboxylic acids is 1. The third kappa shape index (κ3) is 5.04. The molecule has 0 aromatic carbocycles. The first-order valence-electron chi connectivity index (χ1n) is 4.91. The summed E-state index contributed by atoms with van der Waals surface area (Å²) in [6, 6.07) is 4.10. The molecule has 0 aliphatic carbocycles. The van der Waals surface area contributed by atoms with Gasteiger partial charge in [-0.1, -0.05) is 6.07 Å². The van der Waals surface area contributed by atoms with E-state index in [4.69, 9.17) is 12.2 Å². The maximum atomic E-state index is 11.4. The first kappa shape index (κ1) is 12.9. The van der Waals surface area contributed by atoms with Crippen molar-refractivity contribution in [1.82, 2.24) is 10.6 Å². The predicted molar refractivity (Wildman–Crippen MR) is 72.4 cm³/mol. The number of thiocarbonyl (C=S) groups is 1. The molecule has 1 aromatic rings. The molecule has 0 unspecified atom stereocenters. The average molecular weight is 254 g/mol. The summed E-state index contributed by atoms with van der Waals surface area (Å²) in [4.78, 5) is 12.4. The van der Waals surface area contributed by atoms with E-state index >= 15 is 0 Å². The molecule has 0 fully saturated rings. The van der Waals surface area contributed by atoms with Gasteiger partial charge in [0.15, 0.2) is 5.11 Å². The molecule has 0 bridgehead atoms. The second-order valence-corrected chi connectivity index (χ2v) is 4.85. The van der Waals surface area contributed by atoms with Gasteiger partial charge >= 0.3 is 0 Å². The summed E-state index contributed by atoms with van der Waals surface area (Å²) in [6.07, 6.45) is 3.23. The van der Waals surface area contributed by atoms with Crippen LogP contribution in [0, 0.1) is 0 Å². The van der Waals surface area contributed by atoms with Gasteiger partial charge in [0.25, 0.3) is 0 Å². The van der Waals surface area contributed by atoms with E-state index < -0.39 is 0 Å². The molecule has 0 saturated heterocycles. The Bertz CT molecular complexity index is 383. The Hall–Kier alpha value is -1.20. The molecule has 0 aliphatic heterocycles. The van der Waals surface area contributed by atoms with E-state index in [2.05, 4.69) is 10.6 Å². The molecule has 1 rings (SSSR count). The number of nitrogens with one attached hydrogen (secondary N) is 2. The van der Waals surface area contributed by atoms with Crippen LogP contribution in [0.2, 0.25) is 0 Å². The highest BCUT2D eigenvalue weighted by molar-refractivity contribution is 7.80. The quantitative estimate of drug-likeness (QED) is 0.641. The van der Waals surface area contributed by atoms with Crippen molar-refractivity contribution in [3.05, 3.63) is 28.5 Å². The number of amides is 1. The first-order chi connectivity index (χ1) is 7.58. The number of rotatable bonds is 3. The van der Waals surface area contributed by atoms with Gasteiger partial charge in [-0.2, -0.15) is 0 Å². The SMILES string of the molecule is CC(C)NC(=S)NC(=O)/C=C/c1cccs1. The number of hydrogen-bond acceptors (Lipinski definition) is 3. The summed E-state index contributed by atoms with van der Waals surface area (Å²) < 4.78 is 0. The van der Waals surface area contributed by atoms with E-state index in [1.807, 2.05) is 31.4 Å². The molecule has 0 spiro atoms. The average Bonchev–Trinajstić information content (AvgIpc) is 2.65. The molecule has 5 heteroatoms. The van der Waals surface area contributed by atoms with Gasteiger partial charge in [0.1, 0.15) is 0 Å². The summed E-state index contributed by atoms with van der Waals surface area (Å²) in [7, 11) is 0. The largest absolute Gasteiger partial charge is 0.360 e. The lowest BCUT2D eigenvalue weighted by atomic mass is 10.4. The van der Waals surface area contributed by atoms with Crippen molar-refractivity contribution in [1.29, 1.82) is 0 Å². The molecule has 1 amide bonds. The Labute approximate surface area is 105 Å². The molecule has 0 aliphatic rings. The first-order valence-corrected chi connectivity index (χ1v) is 6.20. The van der Waals surface area contributed by atoms with Gasteiger partial charge in [0.05, 0.1) is 0 Å². The molecule has 0 atom stereocenters.